The van der Waals surface area contributed by atoms with Gasteiger partial charge in [0.2, 0.25) is 0 Å². The number of aliphatic hydroxyl groups excluding tert-OH is 1. The first-order chi connectivity index (χ1) is 4.36. The Morgan fingerprint density at radius 2 is 1.90 bits per heavy atom. The predicted octanol–water partition coefficient (Wildman–Crippen LogP) is 1.83. The second-order valence-corrected chi connectivity index (χ2v) is 3.76. The molecular weight excluding hydrogens is 454 g/mol. The number of hydrogen-bond donors (Lipinski definition) is 1. The van der Waals surface area contributed by atoms with E-state index in [9.17, 15) is 0 Å². The van der Waals surface area contributed by atoms with Crippen LogP contribution >= 0.6 is 22.6 Å². The second-order valence-electron chi connectivity index (χ2n) is 2.88. The van der Waals surface area contributed by atoms with E-state index in [0.29, 0.717) is 12.5 Å². The predicted molar refractivity (Wildman–Crippen MR) is 46.8 cm³/mol. The van der Waals surface area contributed by atoms with Gasteiger partial charge in [0.15, 0.2) is 0 Å². The average molecular weight is 467 g/mol. The summed E-state index contributed by atoms with van der Waals surface area (Å²) in [6.45, 7) is 0.410. The fourth-order valence-electron chi connectivity index (χ4n) is 1.48. The Bertz CT molecular complexity index is 79.7. The van der Waals surface area contributed by atoms with Gasteiger partial charge in [-0.3, -0.25) is 0 Å². The van der Waals surface area contributed by atoms with E-state index >= 15 is 0 Å². The van der Waals surface area contributed by atoms with E-state index < -0.39 is 0 Å². The van der Waals surface area contributed by atoms with E-state index in [4.69, 9.17) is 5.11 Å². The van der Waals surface area contributed by atoms with Gasteiger partial charge in [-0.15, -0.1) is 0 Å². The molecule has 57 valence electrons. The van der Waals surface area contributed by atoms with Crippen LogP contribution in [0.4, 0.5) is 0 Å². The molecule has 0 aliphatic heterocycles. The molecule has 1 aliphatic carbocycles. The molecule has 10 heavy (non-hydrogen) atoms. The van der Waals surface area contributed by atoms with Crippen molar-refractivity contribution in [2.24, 2.45) is 11.8 Å². The molecule has 1 fully saturated rings. The van der Waals surface area contributed by atoms with Crippen LogP contribution in [-0.2, 0) is 0 Å². The number of hydrogen-bond acceptors (Lipinski definition) is 1. The van der Waals surface area contributed by atoms with Crippen molar-refractivity contribution < 1.29 is 49.2 Å². The summed E-state index contributed by atoms with van der Waals surface area (Å²) in [6.07, 6.45) is 3.86. The van der Waals surface area contributed by atoms with Crippen LogP contribution in [0.5, 0.6) is 0 Å². The van der Waals surface area contributed by atoms with E-state index in [-0.39, 0.29) is 44.1 Å². The van der Waals surface area contributed by atoms with E-state index in [1.54, 1.807) is 0 Å². The zero-order valence-electron chi connectivity index (χ0n) is 6.09. The molecule has 1 radical (unpaired) electrons. The maximum Gasteiger partial charge on any atom is 0.0459 e. The molecule has 0 aromatic heterocycles. The van der Waals surface area contributed by atoms with Crippen molar-refractivity contribution in [3.05, 3.63) is 0 Å². The molecule has 0 amide bonds. The minimum absolute atomic E-state index is 0. The summed E-state index contributed by atoms with van der Waals surface area (Å²) in [7, 11) is 0. The fourth-order valence-corrected chi connectivity index (χ4v) is 2.28. The van der Waals surface area contributed by atoms with Crippen LogP contribution in [0, 0.1) is 55.9 Å². The minimum atomic E-state index is 0. The Balaban J connectivity index is 0.000000810. The summed E-state index contributed by atoms with van der Waals surface area (Å²) in [4.78, 5) is 0. The Morgan fingerprint density at radius 3 is 2.20 bits per heavy atom. The molecule has 0 aromatic rings. The van der Waals surface area contributed by atoms with Crippen LogP contribution in [-0.4, -0.2) is 16.1 Å². The topological polar surface area (TPSA) is 20.2 Å². The summed E-state index contributed by atoms with van der Waals surface area (Å²) in [5.74, 6) is 1.53. The van der Waals surface area contributed by atoms with Gasteiger partial charge >= 0.3 is 0 Å². The van der Waals surface area contributed by atoms with E-state index in [0.717, 1.165) is 5.92 Å². The van der Waals surface area contributed by atoms with Gasteiger partial charge in [-0.1, -0.05) is 22.6 Å². The molecule has 2 unspecified atom stereocenters. The number of aliphatic hydroxyl groups is 1. The van der Waals surface area contributed by atoms with Crippen LogP contribution in [0.15, 0.2) is 0 Å². The van der Waals surface area contributed by atoms with Crippen LogP contribution in [0.2, 0.25) is 0 Å². The Hall–Kier alpha value is 2.13. The van der Waals surface area contributed by atoms with Crippen molar-refractivity contribution >= 4 is 22.6 Å². The van der Waals surface area contributed by atoms with E-state index in [1.165, 1.54) is 23.7 Å². The quantitative estimate of drug-likeness (QED) is 0.486. The van der Waals surface area contributed by atoms with Gasteiger partial charge in [0.1, 0.15) is 0 Å². The fraction of sp³-hybridized carbons (Fsp3) is 1.00. The molecule has 0 bridgehead atoms. The van der Waals surface area contributed by atoms with E-state index in [2.05, 4.69) is 22.6 Å². The number of rotatable bonds is 2. The first kappa shape index (κ1) is 12.1. The Morgan fingerprint density at radius 1 is 1.30 bits per heavy atom. The second kappa shape index (κ2) is 6.63. The van der Waals surface area contributed by atoms with E-state index in [1.807, 2.05) is 0 Å². The molecule has 0 aromatic carbocycles. The van der Waals surface area contributed by atoms with Crippen molar-refractivity contribution in [2.45, 2.75) is 19.3 Å². The Kier molecular flexibility index (Phi) is 8.04. The van der Waals surface area contributed by atoms with Crippen molar-refractivity contribution in [3.63, 3.8) is 0 Å². The van der Waals surface area contributed by atoms with Crippen LogP contribution in [0.25, 0.3) is 0 Å². The third-order valence-corrected chi connectivity index (χ3v) is 3.37. The molecular formula is C7H13AcIO. The maximum absolute atomic E-state index is 8.78. The van der Waals surface area contributed by atoms with Crippen LogP contribution in [0.1, 0.15) is 19.3 Å². The normalized spacial score (nSPS) is 31.8. The molecule has 0 heterocycles. The summed E-state index contributed by atoms with van der Waals surface area (Å²) in [5.41, 5.74) is 0. The molecule has 1 rings (SSSR count). The summed E-state index contributed by atoms with van der Waals surface area (Å²) >= 11 is 2.43. The zero-order valence-corrected chi connectivity index (χ0v) is 13.0. The SMILES string of the molecule is OCC1CCC(CI)C1.[Ac]. The number of alkyl halides is 1. The molecule has 3 heteroatoms. The Labute approximate surface area is 112 Å². The summed E-state index contributed by atoms with van der Waals surface area (Å²) < 4.78 is 1.27. The maximum atomic E-state index is 8.78. The van der Waals surface area contributed by atoms with Gasteiger partial charge in [0, 0.05) is 55.1 Å². The standard InChI is InChI=1S/C7H13IO.Ac/c8-4-6-1-2-7(3-6)5-9;/h6-7,9H,1-5H2;. The smallest absolute Gasteiger partial charge is 0.0459 e. The van der Waals surface area contributed by atoms with Gasteiger partial charge in [-0.05, 0) is 31.1 Å². The van der Waals surface area contributed by atoms with Crippen LogP contribution < -0.4 is 0 Å². The van der Waals surface area contributed by atoms with Gasteiger partial charge in [0.05, 0.1) is 0 Å². The van der Waals surface area contributed by atoms with Gasteiger partial charge in [0.25, 0.3) is 0 Å². The van der Waals surface area contributed by atoms with Crippen molar-refractivity contribution in [2.75, 3.05) is 11.0 Å². The summed E-state index contributed by atoms with van der Waals surface area (Å²) in [5, 5.41) is 8.78. The monoisotopic (exact) mass is 467 g/mol. The van der Waals surface area contributed by atoms with Crippen molar-refractivity contribution in [1.82, 2.24) is 0 Å². The molecule has 1 saturated carbocycles. The molecule has 0 spiro atoms. The minimum Gasteiger partial charge on any atom is -0.396 e. The first-order valence-electron chi connectivity index (χ1n) is 3.53. The van der Waals surface area contributed by atoms with Crippen molar-refractivity contribution in [1.29, 1.82) is 0 Å². The number of halogens is 1. The molecule has 1 nitrogen and oxygen atoms in total. The van der Waals surface area contributed by atoms with Gasteiger partial charge < -0.3 is 5.11 Å². The van der Waals surface area contributed by atoms with Crippen LogP contribution in [0.3, 0.4) is 0 Å². The molecule has 0 saturated heterocycles. The molecule has 1 N–H and O–H groups in total. The van der Waals surface area contributed by atoms with Gasteiger partial charge in [-0.2, -0.15) is 0 Å². The third kappa shape index (κ3) is 3.69. The zero-order chi connectivity index (χ0) is 6.69. The van der Waals surface area contributed by atoms with Crippen molar-refractivity contribution in [3.8, 4) is 0 Å². The largest absolute Gasteiger partial charge is 0.396 e. The van der Waals surface area contributed by atoms with Gasteiger partial charge in [-0.25, -0.2) is 0 Å². The molecule has 1 aliphatic rings. The average Bonchev–Trinajstić information content (AvgIpc) is 2.34. The summed E-state index contributed by atoms with van der Waals surface area (Å²) in [6, 6.07) is 0. The first-order valence-corrected chi connectivity index (χ1v) is 5.06. The molecule has 2 atom stereocenters. The third-order valence-electron chi connectivity index (χ3n) is 2.13.